The van der Waals surface area contributed by atoms with Crippen LogP contribution in [-0.2, 0) is 28.5 Å². The lowest BCUT2D eigenvalue weighted by Crippen LogP contribution is -2.51. The molecule has 1 aliphatic heterocycles. The molecule has 1 unspecified atom stereocenters. The molecule has 1 aromatic carbocycles. The van der Waals surface area contributed by atoms with E-state index in [0.29, 0.717) is 5.56 Å². The molecule has 8 nitrogen and oxygen atoms in total. The Hall–Kier alpha value is -2.89. The van der Waals surface area contributed by atoms with Crippen molar-refractivity contribution in [2.45, 2.75) is 44.9 Å². The first-order valence-corrected chi connectivity index (χ1v) is 8.16. The molecule has 0 bridgehead atoms. The van der Waals surface area contributed by atoms with E-state index in [9.17, 15) is 19.5 Å². The molecule has 1 aromatic rings. The summed E-state index contributed by atoms with van der Waals surface area (Å²) in [6.45, 7) is 3.35. The summed E-state index contributed by atoms with van der Waals surface area (Å²) in [5.74, 6) is 2.98. The Balaban J connectivity index is 2.21. The molecule has 0 amide bonds. The second-order valence-electron chi connectivity index (χ2n) is 5.80. The fourth-order valence-electron chi connectivity index (χ4n) is 2.63. The Labute approximate surface area is 156 Å². The first-order valence-electron chi connectivity index (χ1n) is 8.16. The van der Waals surface area contributed by atoms with Crippen LogP contribution in [0.1, 0.15) is 31.1 Å². The first kappa shape index (κ1) is 20.4. The summed E-state index contributed by atoms with van der Waals surface area (Å²) in [6.07, 6.45) is -3.99. The van der Waals surface area contributed by atoms with Gasteiger partial charge in [0.05, 0.1) is 5.56 Å². The third-order valence-electron chi connectivity index (χ3n) is 3.75. The Morgan fingerprint density at radius 1 is 1.15 bits per heavy atom. The zero-order chi connectivity index (χ0) is 20.0. The van der Waals surface area contributed by atoms with Gasteiger partial charge in [-0.05, 0) is 19.1 Å². The first-order chi connectivity index (χ1) is 12.8. The molecule has 0 spiro atoms. The van der Waals surface area contributed by atoms with Crippen LogP contribution in [0.3, 0.4) is 0 Å². The molecular formula is C19H20O8. The van der Waals surface area contributed by atoms with Crippen LogP contribution in [0.5, 0.6) is 0 Å². The van der Waals surface area contributed by atoms with Crippen molar-refractivity contribution >= 4 is 17.9 Å². The fraction of sp³-hybridized carbons (Fsp3) is 0.421. The number of carbonyl (C=O) groups excluding carboxylic acids is 3. The van der Waals surface area contributed by atoms with Gasteiger partial charge >= 0.3 is 17.9 Å². The maximum atomic E-state index is 12.1. The molecule has 1 fully saturated rings. The molecular weight excluding hydrogens is 356 g/mol. The van der Waals surface area contributed by atoms with E-state index in [1.165, 1.54) is 6.92 Å². The lowest BCUT2D eigenvalue weighted by atomic mass is 9.93. The van der Waals surface area contributed by atoms with E-state index in [1.54, 1.807) is 30.3 Å². The summed E-state index contributed by atoms with van der Waals surface area (Å²) in [5, 5.41) is 11.0. The van der Waals surface area contributed by atoms with Crippen molar-refractivity contribution in [3.05, 3.63) is 35.9 Å². The van der Waals surface area contributed by atoms with Crippen molar-refractivity contribution in [1.82, 2.24) is 0 Å². The van der Waals surface area contributed by atoms with Crippen LogP contribution in [0, 0.1) is 11.8 Å². The summed E-state index contributed by atoms with van der Waals surface area (Å²) >= 11 is 0. The molecule has 0 saturated carbocycles. The smallest absolute Gasteiger partial charge is 0.338 e. The van der Waals surface area contributed by atoms with Gasteiger partial charge in [-0.25, -0.2) is 4.79 Å². The minimum Gasteiger partial charge on any atom is -0.459 e. The van der Waals surface area contributed by atoms with E-state index in [0.717, 1.165) is 13.8 Å². The average molecular weight is 376 g/mol. The summed E-state index contributed by atoms with van der Waals surface area (Å²) in [6, 6.07) is 8.24. The largest absolute Gasteiger partial charge is 0.459 e. The highest BCUT2D eigenvalue weighted by atomic mass is 16.7. The molecule has 144 valence electrons. The van der Waals surface area contributed by atoms with Crippen LogP contribution in [0.2, 0.25) is 0 Å². The summed E-state index contributed by atoms with van der Waals surface area (Å²) in [7, 11) is 0. The van der Waals surface area contributed by atoms with Crippen LogP contribution < -0.4 is 0 Å². The van der Waals surface area contributed by atoms with Crippen LogP contribution in [-0.4, -0.2) is 53.7 Å². The number of esters is 3. The van der Waals surface area contributed by atoms with Gasteiger partial charge in [0.25, 0.3) is 0 Å². The molecule has 0 radical (unpaired) electrons. The van der Waals surface area contributed by atoms with Gasteiger partial charge in [-0.2, -0.15) is 0 Å². The van der Waals surface area contributed by atoms with Gasteiger partial charge in [0.15, 0.2) is 5.60 Å². The predicted octanol–water partition coefficient (Wildman–Crippen LogP) is 0.817. The fourth-order valence-corrected chi connectivity index (χ4v) is 2.63. The molecule has 0 aliphatic carbocycles. The summed E-state index contributed by atoms with van der Waals surface area (Å²) in [5.41, 5.74) is -1.72. The molecule has 2 rings (SSSR count). The highest BCUT2D eigenvalue weighted by Crippen LogP contribution is 2.34. The van der Waals surface area contributed by atoms with Crippen molar-refractivity contribution in [1.29, 1.82) is 0 Å². The second-order valence-corrected chi connectivity index (χ2v) is 5.80. The van der Waals surface area contributed by atoms with Crippen molar-refractivity contribution in [2.24, 2.45) is 0 Å². The Morgan fingerprint density at radius 3 is 2.33 bits per heavy atom. The standard InChI is InChI=1S/C19H20O8/c1-4-10-19(23)15(11-24-17(22)14-8-6-5-7-9-14)27-18(26-13(3)21)16(19)25-12(2)20/h5-9,15-16,18,23H,11H2,1-3H3/t15?,16-,18-,19+/m0/s1. The van der Waals surface area contributed by atoms with Gasteiger partial charge in [-0.3, -0.25) is 9.59 Å². The van der Waals surface area contributed by atoms with Crippen molar-refractivity contribution in [3.63, 3.8) is 0 Å². The molecule has 27 heavy (non-hydrogen) atoms. The molecule has 0 aromatic heterocycles. The molecule has 1 heterocycles. The molecule has 4 atom stereocenters. The number of ether oxygens (including phenoxy) is 4. The minimum atomic E-state index is -2.03. The van der Waals surface area contributed by atoms with E-state index in [-0.39, 0.29) is 0 Å². The SMILES string of the molecule is CC#C[C@@]1(O)C(COC(=O)c2ccccc2)O[C@H](OC(C)=O)[C@@H]1OC(C)=O. The second kappa shape index (κ2) is 8.66. The Morgan fingerprint density at radius 2 is 1.78 bits per heavy atom. The summed E-state index contributed by atoms with van der Waals surface area (Å²) in [4.78, 5) is 34.9. The van der Waals surface area contributed by atoms with E-state index < -0.39 is 48.6 Å². The van der Waals surface area contributed by atoms with E-state index in [1.807, 2.05) is 0 Å². The highest BCUT2D eigenvalue weighted by molar-refractivity contribution is 5.89. The monoisotopic (exact) mass is 376 g/mol. The third kappa shape index (κ3) is 4.84. The molecule has 1 N–H and O–H groups in total. The van der Waals surface area contributed by atoms with Crippen molar-refractivity contribution in [2.75, 3.05) is 6.61 Å². The zero-order valence-corrected chi connectivity index (χ0v) is 15.1. The van der Waals surface area contributed by atoms with E-state index in [2.05, 4.69) is 11.8 Å². The van der Waals surface area contributed by atoms with Crippen LogP contribution in [0.25, 0.3) is 0 Å². The zero-order valence-electron chi connectivity index (χ0n) is 15.1. The lowest BCUT2D eigenvalue weighted by Gasteiger charge is -2.27. The van der Waals surface area contributed by atoms with Crippen LogP contribution in [0.4, 0.5) is 0 Å². The topological polar surface area (TPSA) is 108 Å². The number of rotatable bonds is 5. The van der Waals surface area contributed by atoms with Gasteiger partial charge < -0.3 is 24.1 Å². The quantitative estimate of drug-likeness (QED) is 0.457. The molecule has 1 aliphatic rings. The third-order valence-corrected chi connectivity index (χ3v) is 3.75. The van der Waals surface area contributed by atoms with Gasteiger partial charge in [0.1, 0.15) is 12.7 Å². The average Bonchev–Trinajstić information content (AvgIpc) is 2.85. The van der Waals surface area contributed by atoms with Gasteiger partial charge in [-0.1, -0.05) is 24.1 Å². The van der Waals surface area contributed by atoms with Crippen molar-refractivity contribution in [3.8, 4) is 11.8 Å². The normalized spacial score (nSPS) is 26.4. The number of aliphatic hydroxyl groups is 1. The number of carbonyl (C=O) groups is 3. The number of benzene rings is 1. The van der Waals surface area contributed by atoms with Crippen molar-refractivity contribution < 1.29 is 38.4 Å². The number of hydrogen-bond acceptors (Lipinski definition) is 8. The van der Waals surface area contributed by atoms with Gasteiger partial charge in [0.2, 0.25) is 12.4 Å². The van der Waals surface area contributed by atoms with Gasteiger partial charge in [0, 0.05) is 13.8 Å². The minimum absolute atomic E-state index is 0.314. The van der Waals surface area contributed by atoms with Crippen LogP contribution in [0.15, 0.2) is 30.3 Å². The lowest BCUT2D eigenvalue weighted by molar-refractivity contribution is -0.196. The Kier molecular flexibility index (Phi) is 6.55. The maximum absolute atomic E-state index is 12.1. The number of hydrogen-bond donors (Lipinski definition) is 1. The molecule has 8 heteroatoms. The van der Waals surface area contributed by atoms with Gasteiger partial charge in [-0.15, -0.1) is 5.92 Å². The van der Waals surface area contributed by atoms with E-state index in [4.69, 9.17) is 18.9 Å². The Bertz CT molecular complexity index is 763. The summed E-state index contributed by atoms with van der Waals surface area (Å²) < 4.78 is 20.7. The molecule has 1 saturated heterocycles. The van der Waals surface area contributed by atoms with Crippen LogP contribution >= 0.6 is 0 Å². The van der Waals surface area contributed by atoms with E-state index >= 15 is 0 Å². The maximum Gasteiger partial charge on any atom is 0.338 e. The highest BCUT2D eigenvalue weighted by Gasteiger charge is 2.59. The predicted molar refractivity (Wildman–Crippen MR) is 91.1 cm³/mol.